The predicted octanol–water partition coefficient (Wildman–Crippen LogP) is 3.42. The lowest BCUT2D eigenvalue weighted by atomic mass is 10.2. The number of rotatable bonds is 5. The van der Waals surface area contributed by atoms with Gasteiger partial charge in [-0.25, -0.2) is 24.1 Å². The fourth-order valence-electron chi connectivity index (χ4n) is 3.11. The Balaban J connectivity index is 1.64. The highest BCUT2D eigenvalue weighted by Gasteiger charge is 2.18. The molecule has 0 saturated heterocycles. The summed E-state index contributed by atoms with van der Waals surface area (Å²) >= 11 is 0. The Hall–Kier alpha value is -4.54. The monoisotopic (exact) mass is 450 g/mol. The number of hydrogen-bond donors (Lipinski definition) is 1. The summed E-state index contributed by atoms with van der Waals surface area (Å²) in [5, 5.41) is 2.47. The molecule has 33 heavy (non-hydrogen) atoms. The molecular formula is C22H19FN6O4. The van der Waals surface area contributed by atoms with Gasteiger partial charge >= 0.3 is 6.09 Å². The van der Waals surface area contributed by atoms with Crippen LogP contribution in [0.5, 0.6) is 5.75 Å². The average molecular weight is 450 g/mol. The van der Waals surface area contributed by atoms with E-state index < -0.39 is 17.8 Å². The zero-order chi connectivity index (χ0) is 23.5. The van der Waals surface area contributed by atoms with Crippen molar-refractivity contribution in [3.8, 4) is 11.4 Å². The fraction of sp³-hybridized carbons (Fsp3) is 0.136. The summed E-state index contributed by atoms with van der Waals surface area (Å²) in [6.07, 6.45) is 2.46. The number of carbonyl (C=O) groups is 2. The molecule has 11 heteroatoms. The lowest BCUT2D eigenvalue weighted by Gasteiger charge is -2.18. The highest BCUT2D eigenvalue weighted by Crippen LogP contribution is 2.25. The smallest absolute Gasteiger partial charge is 0.412 e. The minimum atomic E-state index is -0.629. The van der Waals surface area contributed by atoms with E-state index in [4.69, 9.17) is 4.74 Å². The normalized spacial score (nSPS) is 10.7. The van der Waals surface area contributed by atoms with E-state index in [-0.39, 0.29) is 11.4 Å². The van der Waals surface area contributed by atoms with Crippen molar-refractivity contribution in [2.75, 3.05) is 31.5 Å². The molecule has 0 fully saturated rings. The SMILES string of the molecule is COC(=O)Nc1ccc(-n2cnc3ccc(C(=O)N(C)c4ccc(F)c(OC)c4)nc32)cn1. The number of halogens is 1. The number of nitrogens with zero attached hydrogens (tertiary/aromatic N) is 5. The molecule has 4 aromatic rings. The molecule has 0 aliphatic rings. The van der Waals surface area contributed by atoms with Crippen LogP contribution in [0.15, 0.2) is 55.0 Å². The van der Waals surface area contributed by atoms with Gasteiger partial charge in [-0.2, -0.15) is 0 Å². The summed E-state index contributed by atoms with van der Waals surface area (Å²) in [5.74, 6) is -0.567. The standard InChI is InChI=1S/C22H19FN6O4/c1-28(13-4-6-15(23)18(10-13)32-2)21(30)17-8-7-16-20(26-17)29(12-25-16)14-5-9-19(24-11-14)27-22(31)33-3/h4-12H,1-3H3,(H,24,27,31). The van der Waals surface area contributed by atoms with Crippen LogP contribution in [-0.4, -0.2) is 52.8 Å². The highest BCUT2D eigenvalue weighted by molar-refractivity contribution is 6.05. The largest absolute Gasteiger partial charge is 0.494 e. The molecule has 1 aromatic carbocycles. The van der Waals surface area contributed by atoms with Crippen molar-refractivity contribution in [3.05, 3.63) is 66.5 Å². The molecule has 0 spiro atoms. The van der Waals surface area contributed by atoms with E-state index in [1.165, 1.54) is 43.5 Å². The van der Waals surface area contributed by atoms with E-state index in [1.807, 2.05) is 0 Å². The van der Waals surface area contributed by atoms with Crippen LogP contribution in [-0.2, 0) is 4.74 Å². The Labute approximate surface area is 187 Å². The second-order valence-corrected chi connectivity index (χ2v) is 6.86. The van der Waals surface area contributed by atoms with E-state index in [0.29, 0.717) is 28.4 Å². The van der Waals surface area contributed by atoms with Crippen LogP contribution in [0, 0.1) is 5.82 Å². The maximum atomic E-state index is 13.7. The van der Waals surface area contributed by atoms with Crippen molar-refractivity contribution < 1.29 is 23.5 Å². The molecule has 0 aliphatic heterocycles. The van der Waals surface area contributed by atoms with Crippen molar-refractivity contribution in [3.63, 3.8) is 0 Å². The minimum absolute atomic E-state index is 0.0336. The number of carbonyl (C=O) groups excluding carboxylic acids is 2. The molecule has 4 rings (SSSR count). The van der Waals surface area contributed by atoms with Gasteiger partial charge in [-0.3, -0.25) is 14.7 Å². The number of fused-ring (bicyclic) bond motifs is 1. The number of amides is 2. The minimum Gasteiger partial charge on any atom is -0.494 e. The van der Waals surface area contributed by atoms with Crippen molar-refractivity contribution in [2.45, 2.75) is 0 Å². The summed E-state index contributed by atoms with van der Waals surface area (Å²) in [5.41, 5.74) is 2.27. The molecule has 0 aliphatic carbocycles. The summed E-state index contributed by atoms with van der Waals surface area (Å²) in [7, 11) is 4.18. The van der Waals surface area contributed by atoms with Crippen LogP contribution in [0.4, 0.5) is 20.7 Å². The quantitative estimate of drug-likeness (QED) is 0.496. The maximum absolute atomic E-state index is 13.7. The summed E-state index contributed by atoms with van der Waals surface area (Å²) < 4.78 is 24.9. The number of ether oxygens (including phenoxy) is 2. The molecule has 10 nitrogen and oxygen atoms in total. The fourth-order valence-corrected chi connectivity index (χ4v) is 3.11. The van der Waals surface area contributed by atoms with Gasteiger partial charge in [-0.1, -0.05) is 0 Å². The first kappa shape index (κ1) is 21.7. The Bertz CT molecular complexity index is 1340. The summed E-state index contributed by atoms with van der Waals surface area (Å²) in [6, 6.07) is 10.7. The Morgan fingerprint density at radius 3 is 2.61 bits per heavy atom. The molecule has 0 unspecified atom stereocenters. The number of nitrogens with one attached hydrogen (secondary N) is 1. The molecule has 0 saturated carbocycles. The third kappa shape index (κ3) is 4.28. The Morgan fingerprint density at radius 1 is 1.09 bits per heavy atom. The molecule has 0 atom stereocenters. The van der Waals surface area contributed by atoms with Gasteiger partial charge in [0.05, 0.1) is 26.1 Å². The van der Waals surface area contributed by atoms with Gasteiger partial charge in [0.1, 0.15) is 23.4 Å². The third-order valence-electron chi connectivity index (χ3n) is 4.88. The van der Waals surface area contributed by atoms with Gasteiger partial charge < -0.3 is 14.4 Å². The highest BCUT2D eigenvalue weighted by atomic mass is 19.1. The first-order valence-electron chi connectivity index (χ1n) is 9.68. The van der Waals surface area contributed by atoms with Crippen LogP contribution in [0.2, 0.25) is 0 Å². The van der Waals surface area contributed by atoms with Gasteiger partial charge in [0.15, 0.2) is 17.2 Å². The van der Waals surface area contributed by atoms with Crippen molar-refractivity contribution in [1.82, 2.24) is 19.5 Å². The number of anilines is 2. The molecule has 3 aromatic heterocycles. The van der Waals surface area contributed by atoms with Crippen molar-refractivity contribution >= 4 is 34.7 Å². The van der Waals surface area contributed by atoms with Crippen LogP contribution >= 0.6 is 0 Å². The Morgan fingerprint density at radius 2 is 1.91 bits per heavy atom. The van der Waals surface area contributed by atoms with Gasteiger partial charge in [0.25, 0.3) is 5.91 Å². The molecule has 0 bridgehead atoms. The second kappa shape index (κ2) is 8.91. The lowest BCUT2D eigenvalue weighted by Crippen LogP contribution is -2.27. The molecule has 2 amide bonds. The van der Waals surface area contributed by atoms with Crippen LogP contribution in [0.1, 0.15) is 10.5 Å². The number of imidazole rings is 1. The zero-order valence-corrected chi connectivity index (χ0v) is 17.9. The number of aromatic nitrogens is 4. The van der Waals surface area contributed by atoms with Crippen LogP contribution in [0.3, 0.4) is 0 Å². The average Bonchev–Trinajstić information content (AvgIpc) is 3.27. The van der Waals surface area contributed by atoms with E-state index >= 15 is 0 Å². The van der Waals surface area contributed by atoms with E-state index in [9.17, 15) is 14.0 Å². The topological polar surface area (TPSA) is 111 Å². The summed E-state index contributed by atoms with van der Waals surface area (Å²) in [4.78, 5) is 38.7. The first-order valence-corrected chi connectivity index (χ1v) is 9.68. The first-order chi connectivity index (χ1) is 15.9. The second-order valence-electron chi connectivity index (χ2n) is 6.86. The number of pyridine rings is 2. The summed E-state index contributed by atoms with van der Waals surface area (Å²) in [6.45, 7) is 0. The third-order valence-corrected chi connectivity index (χ3v) is 4.88. The predicted molar refractivity (Wildman–Crippen MR) is 118 cm³/mol. The zero-order valence-electron chi connectivity index (χ0n) is 17.9. The molecule has 168 valence electrons. The maximum Gasteiger partial charge on any atom is 0.412 e. The van der Waals surface area contributed by atoms with E-state index in [2.05, 4.69) is 25.0 Å². The number of benzene rings is 1. The van der Waals surface area contributed by atoms with E-state index in [1.54, 1.807) is 42.2 Å². The van der Waals surface area contributed by atoms with Crippen LogP contribution < -0.4 is 15.0 Å². The van der Waals surface area contributed by atoms with Gasteiger partial charge in [0.2, 0.25) is 0 Å². The Kier molecular flexibility index (Phi) is 5.85. The molecule has 0 radical (unpaired) electrons. The van der Waals surface area contributed by atoms with Crippen LogP contribution in [0.25, 0.3) is 16.9 Å². The van der Waals surface area contributed by atoms with E-state index in [0.717, 1.165) is 0 Å². The number of hydrogen-bond acceptors (Lipinski definition) is 7. The van der Waals surface area contributed by atoms with Crippen molar-refractivity contribution in [2.24, 2.45) is 0 Å². The molecule has 1 N–H and O–H groups in total. The number of methoxy groups -OCH3 is 2. The molecular weight excluding hydrogens is 431 g/mol. The van der Waals surface area contributed by atoms with Gasteiger partial charge in [-0.15, -0.1) is 0 Å². The van der Waals surface area contributed by atoms with Gasteiger partial charge in [-0.05, 0) is 36.4 Å². The molecule has 3 heterocycles. The lowest BCUT2D eigenvalue weighted by molar-refractivity contribution is 0.0988. The van der Waals surface area contributed by atoms with Gasteiger partial charge in [0, 0.05) is 18.8 Å². The van der Waals surface area contributed by atoms with Crippen molar-refractivity contribution in [1.29, 1.82) is 0 Å².